The van der Waals surface area contributed by atoms with Gasteiger partial charge in [-0.05, 0) is 30.2 Å². The SMILES string of the molecule is O=C(CCc1nc(Cl)n[nH]1)N[C@@H]1CCOC[C@H]1Oc1cccc(F)c1. The molecule has 0 bridgehead atoms. The van der Waals surface area contributed by atoms with Crippen LogP contribution in [0.25, 0.3) is 0 Å². The topological polar surface area (TPSA) is 89.1 Å². The fourth-order valence-corrected chi connectivity index (χ4v) is 2.75. The van der Waals surface area contributed by atoms with Gasteiger partial charge in [-0.15, -0.1) is 5.10 Å². The van der Waals surface area contributed by atoms with E-state index >= 15 is 0 Å². The van der Waals surface area contributed by atoms with Crippen molar-refractivity contribution in [2.24, 2.45) is 0 Å². The molecule has 7 nitrogen and oxygen atoms in total. The molecule has 1 aliphatic rings. The molecule has 0 saturated carbocycles. The summed E-state index contributed by atoms with van der Waals surface area (Å²) in [5.74, 6) is 0.457. The Kier molecular flexibility index (Phi) is 5.83. The maximum atomic E-state index is 13.3. The normalized spacial score (nSPS) is 20.2. The highest BCUT2D eigenvalue weighted by molar-refractivity contribution is 6.28. The molecule has 1 amide bonds. The van der Waals surface area contributed by atoms with Gasteiger partial charge in [0.25, 0.3) is 0 Å². The summed E-state index contributed by atoms with van der Waals surface area (Å²) < 4.78 is 24.5. The van der Waals surface area contributed by atoms with Crippen molar-refractivity contribution in [2.45, 2.75) is 31.4 Å². The lowest BCUT2D eigenvalue weighted by Gasteiger charge is -2.32. The van der Waals surface area contributed by atoms with E-state index in [1.54, 1.807) is 12.1 Å². The van der Waals surface area contributed by atoms with Crippen LogP contribution in [0.15, 0.2) is 24.3 Å². The van der Waals surface area contributed by atoms with Gasteiger partial charge in [-0.1, -0.05) is 6.07 Å². The van der Waals surface area contributed by atoms with Crippen molar-refractivity contribution in [3.05, 3.63) is 41.2 Å². The monoisotopic (exact) mass is 368 g/mol. The van der Waals surface area contributed by atoms with Crippen molar-refractivity contribution in [1.82, 2.24) is 20.5 Å². The van der Waals surface area contributed by atoms with Crippen LogP contribution in [-0.4, -0.2) is 46.4 Å². The van der Waals surface area contributed by atoms with Crippen molar-refractivity contribution in [1.29, 1.82) is 0 Å². The smallest absolute Gasteiger partial charge is 0.242 e. The van der Waals surface area contributed by atoms with Crippen molar-refractivity contribution in [3.8, 4) is 5.75 Å². The number of nitrogens with one attached hydrogen (secondary N) is 2. The van der Waals surface area contributed by atoms with E-state index in [2.05, 4.69) is 20.5 Å². The number of ether oxygens (including phenoxy) is 2. The maximum Gasteiger partial charge on any atom is 0.242 e. The summed E-state index contributed by atoms with van der Waals surface area (Å²) in [5, 5.41) is 9.44. The molecule has 1 aromatic carbocycles. The number of aromatic nitrogens is 3. The molecule has 2 aromatic rings. The van der Waals surface area contributed by atoms with Crippen LogP contribution >= 0.6 is 11.6 Å². The molecule has 1 saturated heterocycles. The standard InChI is InChI=1S/C16H18ClFN4O3/c17-16-20-14(21-22-16)4-5-15(23)19-12-6-7-24-9-13(12)25-11-3-1-2-10(18)8-11/h1-3,8,12-13H,4-7,9H2,(H,19,23)(H,20,21,22)/t12-,13-/m1/s1. The van der Waals surface area contributed by atoms with Gasteiger partial charge in [0.05, 0.1) is 12.6 Å². The minimum atomic E-state index is -0.376. The zero-order valence-electron chi connectivity index (χ0n) is 13.4. The van der Waals surface area contributed by atoms with Crippen molar-refractivity contribution < 1.29 is 18.7 Å². The molecule has 0 aliphatic carbocycles. The van der Waals surface area contributed by atoms with Crippen LogP contribution < -0.4 is 10.1 Å². The molecule has 1 fully saturated rings. The van der Waals surface area contributed by atoms with Crippen LogP contribution in [0.5, 0.6) is 5.75 Å². The Morgan fingerprint density at radius 2 is 2.40 bits per heavy atom. The third-order valence-electron chi connectivity index (χ3n) is 3.83. The quantitative estimate of drug-likeness (QED) is 0.812. The zero-order chi connectivity index (χ0) is 17.6. The first-order valence-corrected chi connectivity index (χ1v) is 8.34. The van der Waals surface area contributed by atoms with Gasteiger partial charge in [-0.2, -0.15) is 0 Å². The number of halogens is 2. The number of benzene rings is 1. The van der Waals surface area contributed by atoms with Gasteiger partial charge in [-0.25, -0.2) is 9.37 Å². The summed E-state index contributed by atoms with van der Waals surface area (Å²) in [6.07, 6.45) is 0.902. The van der Waals surface area contributed by atoms with E-state index in [1.807, 2.05) is 0 Å². The Hall–Kier alpha value is -2.19. The molecule has 1 aliphatic heterocycles. The fourth-order valence-electron chi connectivity index (χ4n) is 2.60. The summed E-state index contributed by atoms with van der Waals surface area (Å²) in [6, 6.07) is 5.69. The second kappa shape index (κ2) is 8.26. The van der Waals surface area contributed by atoms with E-state index < -0.39 is 0 Å². The van der Waals surface area contributed by atoms with Crippen molar-refractivity contribution >= 4 is 17.5 Å². The van der Waals surface area contributed by atoms with Crippen LogP contribution in [-0.2, 0) is 16.0 Å². The number of hydrogen-bond acceptors (Lipinski definition) is 5. The minimum absolute atomic E-state index is 0.128. The van der Waals surface area contributed by atoms with Crippen LogP contribution in [0, 0.1) is 5.82 Å². The molecule has 2 N–H and O–H groups in total. The number of carbonyl (C=O) groups excluding carboxylic acids is 1. The second-order valence-electron chi connectivity index (χ2n) is 5.70. The molecule has 0 unspecified atom stereocenters. The van der Waals surface area contributed by atoms with Gasteiger partial charge in [0.2, 0.25) is 11.2 Å². The Labute approximate surface area is 148 Å². The van der Waals surface area contributed by atoms with Crippen LogP contribution in [0.2, 0.25) is 5.28 Å². The second-order valence-corrected chi connectivity index (χ2v) is 6.04. The number of H-pyrrole nitrogens is 1. The highest BCUT2D eigenvalue weighted by Gasteiger charge is 2.29. The van der Waals surface area contributed by atoms with Gasteiger partial charge < -0.3 is 14.8 Å². The zero-order valence-corrected chi connectivity index (χ0v) is 14.1. The van der Waals surface area contributed by atoms with Crippen LogP contribution in [0.1, 0.15) is 18.7 Å². The predicted molar refractivity (Wildman–Crippen MR) is 87.9 cm³/mol. The lowest BCUT2D eigenvalue weighted by molar-refractivity contribution is -0.124. The molecule has 3 rings (SSSR count). The fraction of sp³-hybridized carbons (Fsp3) is 0.438. The summed E-state index contributed by atoms with van der Waals surface area (Å²) >= 11 is 5.63. The third-order valence-corrected chi connectivity index (χ3v) is 4.00. The van der Waals surface area contributed by atoms with Crippen LogP contribution in [0.3, 0.4) is 0 Å². The Bertz CT molecular complexity index is 727. The number of nitrogens with zero attached hydrogens (tertiary/aromatic N) is 2. The lowest BCUT2D eigenvalue weighted by Crippen LogP contribution is -2.51. The number of aryl methyl sites for hydroxylation is 1. The summed E-state index contributed by atoms with van der Waals surface area (Å²) in [4.78, 5) is 16.1. The molecular weight excluding hydrogens is 351 g/mol. The number of hydrogen-bond donors (Lipinski definition) is 2. The van der Waals surface area contributed by atoms with E-state index in [0.717, 1.165) is 0 Å². The molecule has 0 spiro atoms. The highest BCUT2D eigenvalue weighted by Crippen LogP contribution is 2.19. The highest BCUT2D eigenvalue weighted by atomic mass is 35.5. The summed E-state index contributed by atoms with van der Waals surface area (Å²) in [6.45, 7) is 0.866. The molecule has 2 atom stereocenters. The van der Waals surface area contributed by atoms with Gasteiger partial charge in [0.1, 0.15) is 23.5 Å². The molecule has 134 valence electrons. The number of carbonyl (C=O) groups is 1. The molecule has 0 radical (unpaired) electrons. The van der Waals surface area contributed by atoms with Gasteiger partial charge in [0.15, 0.2) is 0 Å². The summed E-state index contributed by atoms with van der Waals surface area (Å²) in [7, 11) is 0. The number of amides is 1. The first-order valence-electron chi connectivity index (χ1n) is 7.96. The Morgan fingerprint density at radius 3 is 3.16 bits per heavy atom. The predicted octanol–water partition coefficient (Wildman–Crippen LogP) is 1.88. The van der Waals surface area contributed by atoms with Crippen molar-refractivity contribution in [2.75, 3.05) is 13.2 Å². The van der Waals surface area contributed by atoms with E-state index in [1.165, 1.54) is 12.1 Å². The largest absolute Gasteiger partial charge is 0.486 e. The maximum absolute atomic E-state index is 13.3. The van der Waals surface area contributed by atoms with Gasteiger partial charge in [-0.3, -0.25) is 9.89 Å². The molecule has 9 heteroatoms. The average Bonchev–Trinajstić information content (AvgIpc) is 3.00. The summed E-state index contributed by atoms with van der Waals surface area (Å²) in [5.41, 5.74) is 0. The van der Waals surface area contributed by atoms with Gasteiger partial charge >= 0.3 is 0 Å². The minimum Gasteiger partial charge on any atom is -0.486 e. The first kappa shape index (κ1) is 17.6. The van der Waals surface area contributed by atoms with E-state index in [4.69, 9.17) is 21.1 Å². The molecule has 2 heterocycles. The van der Waals surface area contributed by atoms with Crippen LogP contribution in [0.4, 0.5) is 4.39 Å². The Balaban J connectivity index is 1.54. The van der Waals surface area contributed by atoms with Gasteiger partial charge in [0, 0.05) is 25.5 Å². The Morgan fingerprint density at radius 1 is 1.52 bits per heavy atom. The first-order chi connectivity index (χ1) is 12.1. The number of aromatic amines is 1. The molecule has 25 heavy (non-hydrogen) atoms. The molecule has 1 aromatic heterocycles. The number of rotatable bonds is 6. The van der Waals surface area contributed by atoms with E-state index in [0.29, 0.717) is 37.6 Å². The third kappa shape index (κ3) is 5.14. The molecular formula is C16H18ClFN4O3. The van der Waals surface area contributed by atoms with E-state index in [9.17, 15) is 9.18 Å². The van der Waals surface area contributed by atoms with E-state index in [-0.39, 0.29) is 35.6 Å². The lowest BCUT2D eigenvalue weighted by atomic mass is 10.1. The average molecular weight is 369 g/mol. The van der Waals surface area contributed by atoms with Crippen molar-refractivity contribution in [3.63, 3.8) is 0 Å².